The van der Waals surface area contributed by atoms with E-state index in [0.29, 0.717) is 17.3 Å². The van der Waals surface area contributed by atoms with Crippen molar-refractivity contribution < 1.29 is 4.79 Å². The fraction of sp³-hybridized carbons (Fsp3) is 0.174. The van der Waals surface area contributed by atoms with Crippen molar-refractivity contribution in [1.29, 1.82) is 0 Å². The molecule has 0 aliphatic heterocycles. The summed E-state index contributed by atoms with van der Waals surface area (Å²) in [4.78, 5) is 12.4. The number of benzene rings is 2. The number of nitrogens with one attached hydrogen (secondary N) is 1. The number of rotatable bonds is 6. The van der Waals surface area contributed by atoms with Gasteiger partial charge in [-0.15, -0.1) is 0 Å². The predicted molar refractivity (Wildman–Crippen MR) is 118 cm³/mol. The van der Waals surface area contributed by atoms with Crippen molar-refractivity contribution in [3.05, 3.63) is 94.5 Å². The third-order valence-electron chi connectivity index (χ3n) is 4.81. The smallest absolute Gasteiger partial charge is 0.271 e. The average molecular weight is 420 g/mol. The Hall–Kier alpha value is -3.38. The van der Waals surface area contributed by atoms with Crippen LogP contribution in [0.4, 0.5) is 0 Å². The van der Waals surface area contributed by atoms with Crippen LogP contribution >= 0.6 is 11.6 Å². The molecule has 2 aromatic heterocycles. The number of hydrogen-bond donors (Lipinski definition) is 1. The van der Waals surface area contributed by atoms with Crippen LogP contribution in [-0.2, 0) is 6.42 Å². The molecular formula is C23H22ClN5O. The molecule has 0 aliphatic rings. The quantitative estimate of drug-likeness (QED) is 0.506. The number of hydrogen-bond acceptors (Lipinski definition) is 3. The highest BCUT2D eigenvalue weighted by molar-refractivity contribution is 6.32. The lowest BCUT2D eigenvalue weighted by Crippen LogP contribution is -2.26. The van der Waals surface area contributed by atoms with Crippen LogP contribution in [-0.4, -0.2) is 32.0 Å². The first-order valence-electron chi connectivity index (χ1n) is 9.72. The van der Waals surface area contributed by atoms with Gasteiger partial charge in [0.1, 0.15) is 0 Å². The van der Waals surface area contributed by atoms with Gasteiger partial charge in [0.25, 0.3) is 5.91 Å². The Labute approximate surface area is 180 Å². The van der Waals surface area contributed by atoms with E-state index in [-0.39, 0.29) is 5.91 Å². The minimum Gasteiger partial charge on any atom is -0.350 e. The fourth-order valence-electron chi connectivity index (χ4n) is 3.32. The van der Waals surface area contributed by atoms with Crippen molar-refractivity contribution in [3.8, 4) is 11.4 Å². The largest absolute Gasteiger partial charge is 0.350 e. The molecule has 1 amide bonds. The zero-order valence-corrected chi connectivity index (χ0v) is 17.6. The van der Waals surface area contributed by atoms with Gasteiger partial charge in [0.15, 0.2) is 5.69 Å². The summed E-state index contributed by atoms with van der Waals surface area (Å²) in [5, 5.41) is 12.3. The van der Waals surface area contributed by atoms with Crippen molar-refractivity contribution in [2.75, 3.05) is 6.54 Å². The summed E-state index contributed by atoms with van der Waals surface area (Å²) < 4.78 is 3.53. The molecule has 7 heteroatoms. The molecule has 30 heavy (non-hydrogen) atoms. The molecule has 6 nitrogen and oxygen atoms in total. The van der Waals surface area contributed by atoms with E-state index in [1.54, 1.807) is 23.0 Å². The van der Waals surface area contributed by atoms with Gasteiger partial charge in [0.2, 0.25) is 0 Å². The van der Waals surface area contributed by atoms with Crippen molar-refractivity contribution in [2.24, 2.45) is 0 Å². The van der Waals surface area contributed by atoms with Crippen LogP contribution in [0.3, 0.4) is 0 Å². The van der Waals surface area contributed by atoms with Crippen molar-refractivity contribution in [1.82, 2.24) is 24.9 Å². The average Bonchev–Trinajstić information content (AvgIpc) is 3.35. The topological polar surface area (TPSA) is 64.7 Å². The third kappa shape index (κ3) is 4.28. The van der Waals surface area contributed by atoms with E-state index < -0.39 is 0 Å². The molecule has 0 saturated carbocycles. The maximum absolute atomic E-state index is 12.4. The number of carbonyl (C=O) groups excluding carboxylic acids is 1. The molecule has 0 fully saturated rings. The Kier molecular flexibility index (Phi) is 5.68. The van der Waals surface area contributed by atoms with E-state index >= 15 is 0 Å². The standard InChI is InChI=1S/C23H22ClN5O/c1-16-15-17(2)29(26-16)19-9-7-18(8-10-19)11-13-25-23(30)21-12-14-28(27-21)22-6-4-3-5-20(22)24/h3-10,12,14-15H,11,13H2,1-2H3,(H,25,30). The molecule has 0 atom stereocenters. The number of carbonyl (C=O) groups is 1. The molecule has 1 N–H and O–H groups in total. The molecule has 2 aromatic carbocycles. The monoisotopic (exact) mass is 419 g/mol. The Balaban J connectivity index is 1.34. The molecule has 152 valence electrons. The molecule has 0 spiro atoms. The van der Waals surface area contributed by atoms with Gasteiger partial charge >= 0.3 is 0 Å². The van der Waals surface area contributed by atoms with Crippen LogP contribution in [0.15, 0.2) is 66.9 Å². The van der Waals surface area contributed by atoms with Gasteiger partial charge in [-0.25, -0.2) is 9.36 Å². The third-order valence-corrected chi connectivity index (χ3v) is 5.13. The lowest BCUT2D eigenvalue weighted by atomic mass is 10.1. The summed E-state index contributed by atoms with van der Waals surface area (Å²) in [7, 11) is 0. The molecule has 0 radical (unpaired) electrons. The van der Waals surface area contributed by atoms with Gasteiger partial charge in [-0.3, -0.25) is 4.79 Å². The molecule has 0 saturated heterocycles. The van der Waals surface area contributed by atoms with Crippen LogP contribution in [0.1, 0.15) is 27.4 Å². The number of nitrogens with zero attached hydrogens (tertiary/aromatic N) is 4. The first-order valence-corrected chi connectivity index (χ1v) is 10.1. The highest BCUT2D eigenvalue weighted by Crippen LogP contribution is 2.19. The zero-order valence-electron chi connectivity index (χ0n) is 16.8. The summed E-state index contributed by atoms with van der Waals surface area (Å²) in [6, 6.07) is 19.3. The van der Waals surface area contributed by atoms with Crippen molar-refractivity contribution in [2.45, 2.75) is 20.3 Å². The minimum absolute atomic E-state index is 0.208. The van der Waals surface area contributed by atoms with E-state index in [0.717, 1.165) is 34.7 Å². The second kappa shape index (κ2) is 8.55. The first-order chi connectivity index (χ1) is 14.5. The zero-order chi connectivity index (χ0) is 21.1. The van der Waals surface area contributed by atoms with E-state index in [1.807, 2.05) is 48.9 Å². The summed E-state index contributed by atoms with van der Waals surface area (Å²) in [6.07, 6.45) is 2.46. The number of halogens is 1. The molecule has 0 aliphatic carbocycles. The highest BCUT2D eigenvalue weighted by Gasteiger charge is 2.11. The highest BCUT2D eigenvalue weighted by atomic mass is 35.5. The number of aromatic nitrogens is 4. The number of amides is 1. The summed E-state index contributed by atoms with van der Waals surface area (Å²) in [5.74, 6) is -0.208. The SMILES string of the molecule is Cc1cc(C)n(-c2ccc(CCNC(=O)c3ccn(-c4ccccc4Cl)n3)cc2)n1. The molecular weight excluding hydrogens is 398 g/mol. The van der Waals surface area contributed by atoms with Gasteiger partial charge in [-0.05, 0) is 62.2 Å². The number of aryl methyl sites for hydroxylation is 2. The van der Waals surface area contributed by atoms with Gasteiger partial charge in [0.05, 0.1) is 22.1 Å². The fourth-order valence-corrected chi connectivity index (χ4v) is 3.54. The Bertz CT molecular complexity index is 1180. The van der Waals surface area contributed by atoms with Gasteiger partial charge in [-0.2, -0.15) is 10.2 Å². The first kappa shape index (κ1) is 19.9. The van der Waals surface area contributed by atoms with E-state index in [1.165, 1.54) is 0 Å². The normalized spacial score (nSPS) is 10.9. The lowest BCUT2D eigenvalue weighted by Gasteiger charge is -2.07. The lowest BCUT2D eigenvalue weighted by molar-refractivity contribution is 0.0948. The number of para-hydroxylation sites is 1. The van der Waals surface area contributed by atoms with Crippen LogP contribution in [0.2, 0.25) is 5.02 Å². The molecule has 4 rings (SSSR count). The van der Waals surface area contributed by atoms with Crippen LogP contribution < -0.4 is 5.32 Å². The van der Waals surface area contributed by atoms with Gasteiger partial charge in [0, 0.05) is 18.4 Å². The second-order valence-electron chi connectivity index (χ2n) is 7.11. The van der Waals surface area contributed by atoms with Crippen molar-refractivity contribution >= 4 is 17.5 Å². The van der Waals surface area contributed by atoms with Crippen LogP contribution in [0.5, 0.6) is 0 Å². The van der Waals surface area contributed by atoms with Crippen molar-refractivity contribution in [3.63, 3.8) is 0 Å². The Morgan fingerprint density at radius 3 is 2.50 bits per heavy atom. The maximum Gasteiger partial charge on any atom is 0.271 e. The van der Waals surface area contributed by atoms with Gasteiger partial charge < -0.3 is 5.32 Å². The summed E-state index contributed by atoms with van der Waals surface area (Å²) >= 11 is 6.19. The molecule has 4 aromatic rings. The summed E-state index contributed by atoms with van der Waals surface area (Å²) in [6.45, 7) is 4.55. The van der Waals surface area contributed by atoms with E-state index in [9.17, 15) is 4.79 Å². The van der Waals surface area contributed by atoms with Crippen LogP contribution in [0, 0.1) is 13.8 Å². The Morgan fingerprint density at radius 2 is 1.80 bits per heavy atom. The van der Waals surface area contributed by atoms with Gasteiger partial charge in [-0.1, -0.05) is 35.9 Å². The van der Waals surface area contributed by atoms with E-state index in [2.05, 4.69) is 33.7 Å². The van der Waals surface area contributed by atoms with E-state index in [4.69, 9.17) is 11.6 Å². The maximum atomic E-state index is 12.4. The molecule has 0 unspecified atom stereocenters. The summed E-state index contributed by atoms with van der Waals surface area (Å²) in [5.41, 5.74) is 5.36. The minimum atomic E-state index is -0.208. The molecule has 2 heterocycles. The predicted octanol–water partition coefficient (Wildman–Crippen LogP) is 4.30. The second-order valence-corrected chi connectivity index (χ2v) is 7.52. The van der Waals surface area contributed by atoms with Crippen LogP contribution in [0.25, 0.3) is 11.4 Å². The Morgan fingerprint density at radius 1 is 1.03 bits per heavy atom. The molecule has 0 bridgehead atoms.